The maximum absolute atomic E-state index is 13.5. The number of non-ortho nitro benzene ring substituents is 1. The lowest BCUT2D eigenvalue weighted by atomic mass is 10.2. The molecule has 0 radical (unpaired) electrons. The van der Waals surface area contributed by atoms with E-state index in [4.69, 9.17) is 4.74 Å². The molecule has 4 rings (SSSR count). The first-order chi connectivity index (χ1) is 16.9. The predicted octanol–water partition coefficient (Wildman–Crippen LogP) is 4.86. The zero-order valence-electron chi connectivity index (χ0n) is 18.1. The molecular formula is C23H17F2N5O4S. The summed E-state index contributed by atoms with van der Waals surface area (Å²) in [5, 5.41) is 22.3. The number of nitrogens with zero attached hydrogens (tertiary/aromatic N) is 4. The Morgan fingerprint density at radius 1 is 1.06 bits per heavy atom. The van der Waals surface area contributed by atoms with Crippen molar-refractivity contribution < 1.29 is 23.2 Å². The van der Waals surface area contributed by atoms with Gasteiger partial charge >= 0.3 is 0 Å². The molecule has 4 aromatic rings. The molecule has 1 N–H and O–H groups in total. The van der Waals surface area contributed by atoms with E-state index in [-0.39, 0.29) is 22.9 Å². The second kappa shape index (κ2) is 10.3. The fourth-order valence-electron chi connectivity index (χ4n) is 3.19. The molecule has 0 spiro atoms. The summed E-state index contributed by atoms with van der Waals surface area (Å²) < 4.78 is 33.7. The van der Waals surface area contributed by atoms with Gasteiger partial charge in [0.15, 0.2) is 11.0 Å². The summed E-state index contributed by atoms with van der Waals surface area (Å²) in [6.07, 6.45) is 0. The van der Waals surface area contributed by atoms with E-state index in [9.17, 15) is 23.7 Å². The number of benzene rings is 3. The van der Waals surface area contributed by atoms with Crippen molar-refractivity contribution in [3.63, 3.8) is 0 Å². The summed E-state index contributed by atoms with van der Waals surface area (Å²) in [4.78, 5) is 23.0. The van der Waals surface area contributed by atoms with Gasteiger partial charge in [0.05, 0.1) is 29.5 Å². The molecule has 0 aliphatic heterocycles. The van der Waals surface area contributed by atoms with E-state index in [1.807, 2.05) is 0 Å². The molecule has 0 saturated carbocycles. The van der Waals surface area contributed by atoms with E-state index in [0.717, 1.165) is 11.8 Å². The van der Waals surface area contributed by atoms with Crippen LogP contribution in [0.3, 0.4) is 0 Å². The monoisotopic (exact) mass is 497 g/mol. The predicted molar refractivity (Wildman–Crippen MR) is 126 cm³/mol. The Morgan fingerprint density at radius 2 is 1.71 bits per heavy atom. The third-order valence-electron chi connectivity index (χ3n) is 4.82. The molecule has 3 aromatic carbocycles. The Balaban J connectivity index is 1.57. The van der Waals surface area contributed by atoms with E-state index < -0.39 is 22.5 Å². The smallest absolute Gasteiger partial charge is 0.273 e. The van der Waals surface area contributed by atoms with Crippen molar-refractivity contribution in [3.05, 3.63) is 88.5 Å². The van der Waals surface area contributed by atoms with Gasteiger partial charge in [-0.1, -0.05) is 11.8 Å². The van der Waals surface area contributed by atoms with Gasteiger partial charge in [0.2, 0.25) is 5.91 Å². The molecule has 0 bridgehead atoms. The first-order valence-corrected chi connectivity index (χ1v) is 11.1. The van der Waals surface area contributed by atoms with Crippen LogP contribution in [-0.4, -0.2) is 38.5 Å². The number of amides is 1. The quantitative estimate of drug-likeness (QED) is 0.210. The molecule has 0 fully saturated rings. The second-order valence-electron chi connectivity index (χ2n) is 7.10. The summed E-state index contributed by atoms with van der Waals surface area (Å²) in [6.45, 7) is 0. The number of rotatable bonds is 8. The van der Waals surface area contributed by atoms with Crippen LogP contribution >= 0.6 is 11.8 Å². The number of nitro benzene ring substituents is 1. The highest BCUT2D eigenvalue weighted by molar-refractivity contribution is 7.99. The highest BCUT2D eigenvalue weighted by Crippen LogP contribution is 2.31. The van der Waals surface area contributed by atoms with E-state index in [1.165, 1.54) is 61.7 Å². The first-order valence-electron chi connectivity index (χ1n) is 10.1. The fraction of sp³-hybridized carbons (Fsp3) is 0.0870. The van der Waals surface area contributed by atoms with Crippen LogP contribution < -0.4 is 10.1 Å². The highest BCUT2D eigenvalue weighted by atomic mass is 32.2. The number of hydrogen-bond donors (Lipinski definition) is 1. The summed E-state index contributed by atoms with van der Waals surface area (Å²) >= 11 is 1.07. The summed E-state index contributed by atoms with van der Waals surface area (Å²) in [5.74, 6) is -0.797. The van der Waals surface area contributed by atoms with Crippen molar-refractivity contribution in [2.75, 3.05) is 18.2 Å². The van der Waals surface area contributed by atoms with Crippen molar-refractivity contribution in [2.45, 2.75) is 5.16 Å². The molecule has 0 unspecified atom stereocenters. The van der Waals surface area contributed by atoms with Gasteiger partial charge in [-0.15, -0.1) is 10.2 Å². The van der Waals surface area contributed by atoms with Crippen LogP contribution in [0.2, 0.25) is 0 Å². The number of hydrogen-bond acceptors (Lipinski definition) is 7. The average molecular weight is 497 g/mol. The fourth-order valence-corrected chi connectivity index (χ4v) is 3.94. The summed E-state index contributed by atoms with van der Waals surface area (Å²) in [7, 11) is 1.34. The molecule has 1 heterocycles. The number of thioether (sulfide) groups is 1. The van der Waals surface area contributed by atoms with Gasteiger partial charge in [-0.25, -0.2) is 8.78 Å². The Bertz CT molecular complexity index is 1380. The third kappa shape index (κ3) is 5.44. The zero-order chi connectivity index (χ0) is 24.9. The third-order valence-corrected chi connectivity index (χ3v) is 5.75. The number of halogens is 2. The molecule has 0 aliphatic rings. The minimum absolute atomic E-state index is 0.0805. The molecule has 178 valence electrons. The van der Waals surface area contributed by atoms with E-state index in [0.29, 0.717) is 22.2 Å². The molecule has 9 nitrogen and oxygen atoms in total. The van der Waals surface area contributed by atoms with Crippen molar-refractivity contribution >= 4 is 29.0 Å². The number of ether oxygens (including phenoxy) is 1. The van der Waals surface area contributed by atoms with E-state index in [1.54, 1.807) is 16.7 Å². The van der Waals surface area contributed by atoms with Crippen LogP contribution in [-0.2, 0) is 4.79 Å². The highest BCUT2D eigenvalue weighted by Gasteiger charge is 2.19. The topological polar surface area (TPSA) is 112 Å². The van der Waals surface area contributed by atoms with Crippen LogP contribution in [0.1, 0.15) is 0 Å². The van der Waals surface area contributed by atoms with Crippen LogP contribution in [0.5, 0.6) is 5.75 Å². The summed E-state index contributed by atoms with van der Waals surface area (Å²) in [6, 6.07) is 15.2. The minimum atomic E-state index is -0.565. The van der Waals surface area contributed by atoms with Crippen molar-refractivity contribution in [3.8, 4) is 22.8 Å². The van der Waals surface area contributed by atoms with Gasteiger partial charge in [-0.05, 0) is 54.6 Å². The maximum atomic E-state index is 13.5. The number of carbonyl (C=O) groups is 1. The largest absolute Gasteiger partial charge is 0.494 e. The lowest BCUT2D eigenvalue weighted by Crippen LogP contribution is -2.15. The molecular weight excluding hydrogens is 480 g/mol. The molecule has 1 amide bonds. The van der Waals surface area contributed by atoms with Gasteiger partial charge in [-0.2, -0.15) is 0 Å². The molecule has 0 saturated heterocycles. The minimum Gasteiger partial charge on any atom is -0.494 e. The zero-order valence-corrected chi connectivity index (χ0v) is 19.0. The average Bonchev–Trinajstić information content (AvgIpc) is 3.27. The second-order valence-corrected chi connectivity index (χ2v) is 8.05. The Kier molecular flexibility index (Phi) is 7.01. The first kappa shape index (κ1) is 23.8. The van der Waals surface area contributed by atoms with Crippen LogP contribution in [0.4, 0.5) is 20.2 Å². The maximum Gasteiger partial charge on any atom is 0.273 e. The normalized spacial score (nSPS) is 10.7. The van der Waals surface area contributed by atoms with Gasteiger partial charge in [-0.3, -0.25) is 19.5 Å². The number of nitro groups is 1. The molecule has 12 heteroatoms. The van der Waals surface area contributed by atoms with Gasteiger partial charge in [0, 0.05) is 17.3 Å². The lowest BCUT2D eigenvalue weighted by Gasteiger charge is -2.11. The summed E-state index contributed by atoms with van der Waals surface area (Å²) in [5.41, 5.74) is 1.23. The number of carbonyl (C=O) groups excluding carboxylic acids is 1. The van der Waals surface area contributed by atoms with Crippen LogP contribution in [0.15, 0.2) is 71.9 Å². The number of anilines is 1. The number of nitrogens with one attached hydrogen (secondary N) is 1. The number of methoxy groups -OCH3 is 1. The standard InChI is InChI=1S/C23H17F2N5O4S/c1-34-20-12-18(30(32)33)10-11-19(20)26-21(31)13-35-23-28-27-22(14-2-4-15(24)5-3-14)29(23)17-8-6-16(25)7-9-17/h2-12H,13H2,1H3,(H,26,31). The van der Waals surface area contributed by atoms with Crippen molar-refractivity contribution in [1.29, 1.82) is 0 Å². The van der Waals surface area contributed by atoms with E-state index >= 15 is 0 Å². The Morgan fingerprint density at radius 3 is 2.34 bits per heavy atom. The molecule has 0 aliphatic carbocycles. The molecule has 0 atom stereocenters. The van der Waals surface area contributed by atoms with Crippen LogP contribution in [0, 0.1) is 21.7 Å². The Labute approximate surface area is 201 Å². The Hall–Kier alpha value is -4.32. The lowest BCUT2D eigenvalue weighted by molar-refractivity contribution is -0.384. The van der Waals surface area contributed by atoms with E-state index in [2.05, 4.69) is 15.5 Å². The van der Waals surface area contributed by atoms with Crippen LogP contribution in [0.25, 0.3) is 17.1 Å². The molecule has 1 aromatic heterocycles. The van der Waals surface area contributed by atoms with Gasteiger partial charge < -0.3 is 10.1 Å². The molecule has 35 heavy (non-hydrogen) atoms. The number of aromatic nitrogens is 3. The van der Waals surface area contributed by atoms with Crippen molar-refractivity contribution in [1.82, 2.24) is 14.8 Å². The SMILES string of the molecule is COc1cc([N+](=O)[O-])ccc1NC(=O)CSc1nnc(-c2ccc(F)cc2)n1-c1ccc(F)cc1. The van der Waals surface area contributed by atoms with Gasteiger partial charge in [0.1, 0.15) is 17.4 Å². The van der Waals surface area contributed by atoms with Gasteiger partial charge in [0.25, 0.3) is 5.69 Å². The van der Waals surface area contributed by atoms with Crippen molar-refractivity contribution in [2.24, 2.45) is 0 Å².